The third kappa shape index (κ3) is 4.26. The predicted octanol–water partition coefficient (Wildman–Crippen LogP) is 1.42. The van der Waals surface area contributed by atoms with Crippen LogP contribution in [0.25, 0.3) is 0 Å². The normalized spacial score (nSPS) is 21.0. The maximum absolute atomic E-state index is 12.2. The summed E-state index contributed by atoms with van der Waals surface area (Å²) >= 11 is 1.73. The van der Waals surface area contributed by atoms with Crippen molar-refractivity contribution >= 4 is 17.7 Å². The number of hydrogen-bond acceptors (Lipinski definition) is 6. The van der Waals surface area contributed by atoms with Crippen LogP contribution in [0.4, 0.5) is 0 Å². The monoisotopic (exact) mass is 349 g/mol. The number of thioether (sulfide) groups is 1. The Morgan fingerprint density at radius 1 is 1.25 bits per heavy atom. The fourth-order valence-electron chi connectivity index (χ4n) is 3.29. The number of hydrogen-bond donors (Lipinski definition) is 2. The van der Waals surface area contributed by atoms with Crippen molar-refractivity contribution in [1.29, 1.82) is 0 Å². The molecule has 1 aromatic heterocycles. The third-order valence-corrected chi connectivity index (χ3v) is 5.80. The van der Waals surface area contributed by atoms with Crippen LogP contribution < -0.4 is 10.6 Å². The van der Waals surface area contributed by atoms with E-state index in [0.29, 0.717) is 0 Å². The van der Waals surface area contributed by atoms with E-state index < -0.39 is 0 Å². The summed E-state index contributed by atoms with van der Waals surface area (Å²) in [6, 6.07) is 0. The summed E-state index contributed by atoms with van der Waals surface area (Å²) in [5.41, 5.74) is 0.803. The fraction of sp³-hybridized carbons (Fsp3) is 0.706. The van der Waals surface area contributed by atoms with E-state index in [2.05, 4.69) is 32.4 Å². The van der Waals surface area contributed by atoms with Crippen LogP contribution in [0.15, 0.2) is 17.6 Å². The minimum atomic E-state index is -0.342. The molecule has 1 amide bonds. The van der Waals surface area contributed by atoms with Crippen molar-refractivity contribution in [3.8, 4) is 0 Å². The van der Waals surface area contributed by atoms with E-state index in [9.17, 15) is 4.79 Å². The molecule has 2 N–H and O–H groups in total. The zero-order valence-electron chi connectivity index (χ0n) is 14.4. The molecule has 2 aliphatic rings. The Labute approximate surface area is 148 Å². The van der Waals surface area contributed by atoms with Gasteiger partial charge in [-0.05, 0) is 19.3 Å². The lowest BCUT2D eigenvalue weighted by molar-refractivity contribution is -0.131. The second kappa shape index (κ2) is 8.27. The molecular weight excluding hydrogens is 322 g/mol. The molecule has 0 radical (unpaired) electrons. The zero-order valence-corrected chi connectivity index (χ0v) is 15.2. The molecule has 7 heteroatoms. The number of likely N-dealkylation sites (tertiary alicyclic amines) is 1. The highest BCUT2D eigenvalue weighted by atomic mass is 32.2. The molecule has 0 unspecified atom stereocenters. The Balaban J connectivity index is 1.48. The predicted molar refractivity (Wildman–Crippen MR) is 95.9 cm³/mol. The van der Waals surface area contributed by atoms with Gasteiger partial charge >= 0.3 is 0 Å². The van der Waals surface area contributed by atoms with Crippen LogP contribution in [-0.2, 0) is 11.3 Å². The Morgan fingerprint density at radius 3 is 2.67 bits per heavy atom. The smallest absolute Gasteiger partial charge is 0.240 e. The number of aromatic nitrogens is 2. The minimum Gasteiger partial charge on any atom is -0.353 e. The molecule has 0 saturated carbocycles. The molecule has 6 nitrogen and oxygen atoms in total. The van der Waals surface area contributed by atoms with Crippen LogP contribution in [-0.4, -0.2) is 58.2 Å². The van der Waals surface area contributed by atoms with Crippen LogP contribution in [0.3, 0.4) is 0 Å². The topological polar surface area (TPSA) is 70.2 Å². The average molecular weight is 350 g/mol. The lowest BCUT2D eigenvalue weighted by Gasteiger charge is -2.43. The lowest BCUT2D eigenvalue weighted by Crippen LogP contribution is -2.66. The Morgan fingerprint density at radius 2 is 2.00 bits per heavy atom. The number of piperazine rings is 1. The maximum atomic E-state index is 12.2. The summed E-state index contributed by atoms with van der Waals surface area (Å²) in [6.45, 7) is 6.51. The van der Waals surface area contributed by atoms with Crippen molar-refractivity contribution in [3.05, 3.63) is 18.0 Å². The highest BCUT2D eigenvalue weighted by Crippen LogP contribution is 2.25. The van der Waals surface area contributed by atoms with E-state index in [1.165, 1.54) is 12.8 Å². The van der Waals surface area contributed by atoms with Crippen molar-refractivity contribution in [2.24, 2.45) is 0 Å². The van der Waals surface area contributed by atoms with Gasteiger partial charge < -0.3 is 10.6 Å². The highest BCUT2D eigenvalue weighted by Gasteiger charge is 2.42. The number of piperidine rings is 1. The van der Waals surface area contributed by atoms with Gasteiger partial charge in [-0.25, -0.2) is 9.97 Å². The van der Waals surface area contributed by atoms with E-state index in [1.807, 2.05) is 12.4 Å². The fourth-order valence-corrected chi connectivity index (χ4v) is 4.16. The largest absolute Gasteiger partial charge is 0.353 e. The van der Waals surface area contributed by atoms with Gasteiger partial charge in [0.15, 0.2) is 5.16 Å². The van der Waals surface area contributed by atoms with E-state index in [1.54, 1.807) is 11.8 Å². The van der Waals surface area contributed by atoms with Crippen molar-refractivity contribution in [3.63, 3.8) is 0 Å². The van der Waals surface area contributed by atoms with E-state index in [4.69, 9.17) is 0 Å². The molecule has 1 spiro atoms. The summed E-state index contributed by atoms with van der Waals surface area (Å²) in [4.78, 5) is 23.5. The van der Waals surface area contributed by atoms with Gasteiger partial charge in [0, 0.05) is 56.4 Å². The number of nitrogens with zero attached hydrogens (tertiary/aromatic N) is 3. The van der Waals surface area contributed by atoms with Crippen molar-refractivity contribution < 1.29 is 4.79 Å². The molecule has 132 valence electrons. The van der Waals surface area contributed by atoms with Crippen molar-refractivity contribution in [2.45, 2.75) is 49.8 Å². The average Bonchev–Trinajstić information content (AvgIpc) is 2.61. The molecular formula is C17H27N5OS. The maximum Gasteiger partial charge on any atom is 0.240 e. The summed E-state index contributed by atoms with van der Waals surface area (Å²) in [6.07, 6.45) is 8.02. The minimum absolute atomic E-state index is 0.171. The summed E-state index contributed by atoms with van der Waals surface area (Å²) < 4.78 is 0. The first-order chi connectivity index (χ1) is 11.7. The van der Waals surface area contributed by atoms with Gasteiger partial charge in [0.25, 0.3) is 0 Å². The Kier molecular flexibility index (Phi) is 6.08. The van der Waals surface area contributed by atoms with Crippen molar-refractivity contribution in [1.82, 2.24) is 25.5 Å². The van der Waals surface area contributed by atoms with Crippen LogP contribution >= 0.6 is 11.8 Å². The van der Waals surface area contributed by atoms with Gasteiger partial charge in [0.2, 0.25) is 5.91 Å². The number of carbonyl (C=O) groups excluding carboxylic acids is 1. The highest BCUT2D eigenvalue weighted by molar-refractivity contribution is 7.99. The van der Waals surface area contributed by atoms with Gasteiger partial charge in [0.05, 0.1) is 0 Å². The van der Waals surface area contributed by atoms with Gasteiger partial charge in [-0.1, -0.05) is 25.1 Å². The summed E-state index contributed by atoms with van der Waals surface area (Å²) in [5.74, 6) is 1.25. The van der Waals surface area contributed by atoms with Crippen LogP contribution in [0.1, 0.15) is 38.2 Å². The molecule has 24 heavy (non-hydrogen) atoms. The van der Waals surface area contributed by atoms with Gasteiger partial charge in [-0.2, -0.15) is 0 Å². The van der Waals surface area contributed by atoms with Gasteiger partial charge in [0.1, 0.15) is 5.54 Å². The molecule has 0 bridgehead atoms. The van der Waals surface area contributed by atoms with Crippen LogP contribution in [0.2, 0.25) is 0 Å². The van der Waals surface area contributed by atoms with Crippen LogP contribution in [0, 0.1) is 0 Å². The number of nitrogens with one attached hydrogen (secondary N) is 2. The van der Waals surface area contributed by atoms with E-state index >= 15 is 0 Å². The first-order valence-corrected chi connectivity index (χ1v) is 9.90. The lowest BCUT2D eigenvalue weighted by atomic mass is 9.85. The Bertz CT molecular complexity index is 542. The number of unbranched alkanes of at least 4 members (excludes halogenated alkanes) is 1. The molecule has 0 aromatic carbocycles. The molecule has 0 aliphatic carbocycles. The zero-order chi connectivity index (χ0) is 16.8. The Hall–Kier alpha value is -1.18. The SMILES string of the molecule is CCCCSc1ncc(CN2CCC3(CC2)NCCNC3=O)cn1. The third-order valence-electron chi connectivity index (χ3n) is 4.84. The van der Waals surface area contributed by atoms with Crippen LogP contribution in [0.5, 0.6) is 0 Å². The molecule has 3 rings (SSSR count). The molecule has 2 aliphatic heterocycles. The first kappa shape index (κ1) is 17.6. The van der Waals surface area contributed by atoms with Crippen molar-refractivity contribution in [2.75, 3.05) is 31.9 Å². The first-order valence-electron chi connectivity index (χ1n) is 8.91. The van der Waals surface area contributed by atoms with Gasteiger partial charge in [-0.3, -0.25) is 9.69 Å². The van der Waals surface area contributed by atoms with E-state index in [-0.39, 0.29) is 11.4 Å². The van der Waals surface area contributed by atoms with E-state index in [0.717, 1.165) is 62.0 Å². The molecule has 2 fully saturated rings. The molecule has 2 saturated heterocycles. The number of amides is 1. The second-order valence-corrected chi connectivity index (χ2v) is 7.68. The van der Waals surface area contributed by atoms with Gasteiger partial charge in [-0.15, -0.1) is 0 Å². The summed E-state index contributed by atoms with van der Waals surface area (Å²) in [7, 11) is 0. The second-order valence-electron chi connectivity index (χ2n) is 6.62. The molecule has 1 aromatic rings. The molecule has 3 heterocycles. The quantitative estimate of drug-likeness (QED) is 0.460. The molecule has 0 atom stereocenters. The standard InChI is InChI=1S/C17H27N5OS/c1-2-3-10-24-16-19-11-14(12-20-16)13-22-8-4-17(5-9-22)15(23)18-6-7-21-17/h11-12,21H,2-10,13H2,1H3,(H,18,23). The number of rotatable bonds is 6. The summed E-state index contributed by atoms with van der Waals surface area (Å²) in [5, 5.41) is 7.29. The number of carbonyl (C=O) groups is 1.